The molecule has 0 amide bonds. The van der Waals surface area contributed by atoms with E-state index in [0.717, 1.165) is 61.7 Å². The summed E-state index contributed by atoms with van der Waals surface area (Å²) in [5, 5.41) is 3.40. The van der Waals surface area contributed by atoms with E-state index >= 15 is 0 Å². The highest BCUT2D eigenvalue weighted by molar-refractivity contribution is 5.79. The van der Waals surface area contributed by atoms with E-state index in [1.807, 2.05) is 12.1 Å². The quantitative estimate of drug-likeness (QED) is 0.487. The van der Waals surface area contributed by atoms with Crippen LogP contribution in [0.1, 0.15) is 45.1 Å². The Hall–Kier alpha value is -1.95. The lowest BCUT2D eigenvalue weighted by Crippen LogP contribution is -2.40. The van der Waals surface area contributed by atoms with Crippen molar-refractivity contribution in [3.05, 3.63) is 23.8 Å². The molecule has 0 unspecified atom stereocenters. The Morgan fingerprint density at radius 2 is 2.04 bits per heavy atom. The van der Waals surface area contributed by atoms with Crippen LogP contribution in [0.5, 0.6) is 11.5 Å². The molecule has 0 radical (unpaired) electrons. The summed E-state index contributed by atoms with van der Waals surface area (Å²) in [4.78, 5) is 7.06. The number of methoxy groups -OCH3 is 1. The van der Waals surface area contributed by atoms with Crippen LogP contribution in [-0.2, 0) is 11.3 Å². The average molecular weight is 392 g/mol. The lowest BCUT2D eigenvalue weighted by Gasteiger charge is -2.26. The fourth-order valence-corrected chi connectivity index (χ4v) is 3.29. The molecular weight excluding hydrogens is 354 g/mol. The van der Waals surface area contributed by atoms with E-state index in [-0.39, 0.29) is 0 Å². The molecule has 6 nitrogen and oxygen atoms in total. The zero-order valence-electron chi connectivity index (χ0n) is 18.0. The van der Waals surface area contributed by atoms with Crippen LogP contribution in [0, 0.1) is 5.92 Å². The molecule has 2 rings (SSSR count). The molecule has 0 bridgehead atoms. The number of nitrogens with one attached hydrogen (secondary N) is 1. The third kappa shape index (κ3) is 7.23. The molecule has 1 aromatic rings. The van der Waals surface area contributed by atoms with Crippen molar-refractivity contribution in [2.45, 2.75) is 46.1 Å². The first-order chi connectivity index (χ1) is 13.7. The van der Waals surface area contributed by atoms with Gasteiger partial charge in [0.05, 0.1) is 20.3 Å². The van der Waals surface area contributed by atoms with Crippen molar-refractivity contribution in [3.63, 3.8) is 0 Å². The van der Waals surface area contributed by atoms with Gasteiger partial charge in [-0.05, 0) is 56.2 Å². The first kappa shape index (κ1) is 22.3. The van der Waals surface area contributed by atoms with Gasteiger partial charge in [-0.3, -0.25) is 0 Å². The Morgan fingerprint density at radius 1 is 1.25 bits per heavy atom. The first-order valence-corrected chi connectivity index (χ1v) is 10.5. The van der Waals surface area contributed by atoms with Gasteiger partial charge in [-0.2, -0.15) is 0 Å². The van der Waals surface area contributed by atoms with E-state index in [9.17, 15) is 0 Å². The monoisotopic (exact) mass is 391 g/mol. The summed E-state index contributed by atoms with van der Waals surface area (Å²) in [6, 6.07) is 6.05. The summed E-state index contributed by atoms with van der Waals surface area (Å²) in [6.45, 7) is 9.16. The zero-order valence-corrected chi connectivity index (χ0v) is 18.0. The van der Waals surface area contributed by atoms with E-state index in [1.54, 1.807) is 7.11 Å². The Balaban J connectivity index is 1.96. The number of hydrogen-bond donors (Lipinski definition) is 1. The van der Waals surface area contributed by atoms with Crippen molar-refractivity contribution in [2.24, 2.45) is 10.9 Å². The van der Waals surface area contributed by atoms with Gasteiger partial charge in [0.15, 0.2) is 17.5 Å². The lowest BCUT2D eigenvalue weighted by atomic mass is 9.96. The van der Waals surface area contributed by atoms with Gasteiger partial charge in [-0.15, -0.1) is 0 Å². The molecule has 1 saturated heterocycles. The van der Waals surface area contributed by atoms with Crippen LogP contribution in [0.3, 0.4) is 0 Å². The number of aliphatic imine (C=N–C) groups is 1. The molecule has 0 atom stereocenters. The predicted molar refractivity (Wildman–Crippen MR) is 114 cm³/mol. The fourth-order valence-electron chi connectivity index (χ4n) is 3.29. The third-order valence-electron chi connectivity index (χ3n) is 5.01. The van der Waals surface area contributed by atoms with Crippen molar-refractivity contribution >= 4 is 5.96 Å². The molecule has 0 spiro atoms. The Labute approximate surface area is 170 Å². The fraction of sp³-hybridized carbons (Fsp3) is 0.682. The summed E-state index contributed by atoms with van der Waals surface area (Å²) in [6.07, 6.45) is 4.50. The van der Waals surface area contributed by atoms with Gasteiger partial charge in [-0.25, -0.2) is 4.99 Å². The van der Waals surface area contributed by atoms with Crippen molar-refractivity contribution < 1.29 is 14.2 Å². The standard InChI is InChI=1S/C22H37N3O3/c1-5-13-28-20-8-7-19(16-21(20)26-4)17-24-22(23-6-2)25(3)12-9-18-10-14-27-15-11-18/h7-8,16,18H,5-6,9-15,17H2,1-4H3,(H,23,24). The zero-order chi connectivity index (χ0) is 20.2. The predicted octanol–water partition coefficient (Wildman–Crippen LogP) is 3.70. The topological polar surface area (TPSA) is 55.3 Å². The van der Waals surface area contributed by atoms with Crippen LogP contribution in [0.2, 0.25) is 0 Å². The molecule has 6 heteroatoms. The van der Waals surface area contributed by atoms with Crippen LogP contribution in [0.25, 0.3) is 0 Å². The van der Waals surface area contributed by atoms with Gasteiger partial charge in [-0.1, -0.05) is 13.0 Å². The molecule has 1 aliphatic heterocycles. The van der Waals surface area contributed by atoms with Crippen LogP contribution in [0.15, 0.2) is 23.2 Å². The van der Waals surface area contributed by atoms with Crippen LogP contribution < -0.4 is 14.8 Å². The molecular formula is C22H37N3O3. The highest BCUT2D eigenvalue weighted by Crippen LogP contribution is 2.28. The number of nitrogens with zero attached hydrogens (tertiary/aromatic N) is 2. The number of rotatable bonds is 10. The van der Waals surface area contributed by atoms with Gasteiger partial charge in [0.1, 0.15) is 0 Å². The number of hydrogen-bond acceptors (Lipinski definition) is 4. The minimum Gasteiger partial charge on any atom is -0.493 e. The van der Waals surface area contributed by atoms with Gasteiger partial charge in [0.25, 0.3) is 0 Å². The van der Waals surface area contributed by atoms with Gasteiger partial charge < -0.3 is 24.4 Å². The second kappa shape index (κ2) is 12.5. The Morgan fingerprint density at radius 3 is 2.71 bits per heavy atom. The highest BCUT2D eigenvalue weighted by atomic mass is 16.5. The molecule has 0 saturated carbocycles. The minimum absolute atomic E-state index is 0.606. The number of ether oxygens (including phenoxy) is 3. The second-order valence-corrected chi connectivity index (χ2v) is 7.27. The van der Waals surface area contributed by atoms with Crippen LogP contribution in [0.4, 0.5) is 0 Å². The highest BCUT2D eigenvalue weighted by Gasteiger charge is 2.15. The number of benzene rings is 1. The number of guanidine groups is 1. The van der Waals surface area contributed by atoms with Crippen molar-refractivity contribution in [3.8, 4) is 11.5 Å². The SMILES string of the molecule is CCCOc1ccc(CN=C(NCC)N(C)CCC2CCOCC2)cc1OC. The van der Waals surface area contributed by atoms with E-state index in [0.29, 0.717) is 13.2 Å². The molecule has 0 aromatic heterocycles. The summed E-state index contributed by atoms with van der Waals surface area (Å²) in [5.41, 5.74) is 1.11. The van der Waals surface area contributed by atoms with Crippen molar-refractivity contribution in [1.29, 1.82) is 0 Å². The average Bonchev–Trinajstić information content (AvgIpc) is 2.74. The summed E-state index contributed by atoms with van der Waals surface area (Å²) >= 11 is 0. The Kier molecular flexibility index (Phi) is 9.97. The third-order valence-corrected chi connectivity index (χ3v) is 5.01. The summed E-state index contributed by atoms with van der Waals surface area (Å²) < 4.78 is 16.7. The normalized spacial score (nSPS) is 15.4. The maximum absolute atomic E-state index is 5.73. The van der Waals surface area contributed by atoms with E-state index in [4.69, 9.17) is 19.2 Å². The molecule has 28 heavy (non-hydrogen) atoms. The smallest absolute Gasteiger partial charge is 0.193 e. The largest absolute Gasteiger partial charge is 0.493 e. The molecule has 1 N–H and O–H groups in total. The molecule has 158 valence electrons. The molecule has 1 aliphatic rings. The first-order valence-electron chi connectivity index (χ1n) is 10.5. The van der Waals surface area contributed by atoms with Gasteiger partial charge in [0, 0.05) is 33.4 Å². The van der Waals surface area contributed by atoms with Crippen molar-refractivity contribution in [1.82, 2.24) is 10.2 Å². The molecule has 1 heterocycles. The minimum atomic E-state index is 0.606. The molecule has 1 aromatic carbocycles. The van der Waals surface area contributed by atoms with Gasteiger partial charge >= 0.3 is 0 Å². The molecule has 1 fully saturated rings. The van der Waals surface area contributed by atoms with Gasteiger partial charge in [0.2, 0.25) is 0 Å². The van der Waals surface area contributed by atoms with Crippen molar-refractivity contribution in [2.75, 3.05) is 47.1 Å². The lowest BCUT2D eigenvalue weighted by molar-refractivity contribution is 0.0625. The van der Waals surface area contributed by atoms with Crippen LogP contribution >= 0.6 is 0 Å². The van der Waals surface area contributed by atoms with E-state index in [1.165, 1.54) is 19.3 Å². The maximum Gasteiger partial charge on any atom is 0.193 e. The second-order valence-electron chi connectivity index (χ2n) is 7.27. The van der Waals surface area contributed by atoms with E-state index < -0.39 is 0 Å². The Bertz CT molecular complexity index is 601. The maximum atomic E-state index is 5.73. The van der Waals surface area contributed by atoms with Crippen LogP contribution in [-0.4, -0.2) is 57.9 Å². The summed E-state index contributed by atoms with van der Waals surface area (Å²) in [5.74, 6) is 3.26. The van der Waals surface area contributed by atoms with E-state index in [2.05, 4.69) is 37.2 Å². The summed E-state index contributed by atoms with van der Waals surface area (Å²) in [7, 11) is 3.79. The molecule has 0 aliphatic carbocycles.